The van der Waals surface area contributed by atoms with Gasteiger partial charge in [0.05, 0.1) is 0 Å². The minimum absolute atomic E-state index is 0.921. The van der Waals surface area contributed by atoms with Gasteiger partial charge >= 0.3 is 0 Å². The van der Waals surface area contributed by atoms with Crippen molar-refractivity contribution in [2.24, 2.45) is 23.7 Å². The van der Waals surface area contributed by atoms with Crippen LogP contribution in [0, 0.1) is 23.7 Å². The SMILES string of the molecule is CCC1C(C)C1C(C)C. The van der Waals surface area contributed by atoms with E-state index in [2.05, 4.69) is 27.7 Å². The van der Waals surface area contributed by atoms with E-state index in [0.717, 1.165) is 23.7 Å². The number of rotatable bonds is 2. The van der Waals surface area contributed by atoms with Gasteiger partial charge in [0.2, 0.25) is 0 Å². The molecule has 1 rings (SSSR count). The molecular formula is C9H18. The Hall–Kier alpha value is 0. The van der Waals surface area contributed by atoms with Crippen molar-refractivity contribution in [3.05, 3.63) is 0 Å². The highest BCUT2D eigenvalue weighted by atomic mass is 14.5. The molecule has 0 heteroatoms. The van der Waals surface area contributed by atoms with Crippen LogP contribution in [0.5, 0.6) is 0 Å². The summed E-state index contributed by atoms with van der Waals surface area (Å²) in [6.45, 7) is 9.38. The normalized spacial score (nSPS) is 41.7. The fourth-order valence-electron chi connectivity index (χ4n) is 2.33. The third kappa shape index (κ3) is 1.12. The Morgan fingerprint density at radius 1 is 1.33 bits per heavy atom. The molecule has 0 nitrogen and oxygen atoms in total. The van der Waals surface area contributed by atoms with Gasteiger partial charge in [-0.15, -0.1) is 0 Å². The van der Waals surface area contributed by atoms with Crippen molar-refractivity contribution in [1.82, 2.24) is 0 Å². The van der Waals surface area contributed by atoms with Gasteiger partial charge in [-0.3, -0.25) is 0 Å². The van der Waals surface area contributed by atoms with Crippen LogP contribution in [0.15, 0.2) is 0 Å². The predicted molar refractivity (Wildman–Crippen MR) is 41.3 cm³/mol. The van der Waals surface area contributed by atoms with Gasteiger partial charge in [-0.2, -0.15) is 0 Å². The van der Waals surface area contributed by atoms with Crippen molar-refractivity contribution in [1.29, 1.82) is 0 Å². The lowest BCUT2D eigenvalue weighted by Gasteiger charge is -1.99. The van der Waals surface area contributed by atoms with E-state index in [1.807, 2.05) is 0 Å². The van der Waals surface area contributed by atoms with Crippen LogP contribution < -0.4 is 0 Å². The second-order valence-corrected chi connectivity index (χ2v) is 3.75. The van der Waals surface area contributed by atoms with E-state index in [1.165, 1.54) is 6.42 Å². The van der Waals surface area contributed by atoms with Crippen LogP contribution in [0.1, 0.15) is 34.1 Å². The molecule has 0 spiro atoms. The zero-order chi connectivity index (χ0) is 7.02. The van der Waals surface area contributed by atoms with Gasteiger partial charge in [-0.25, -0.2) is 0 Å². The molecule has 1 aliphatic carbocycles. The summed E-state index contributed by atoms with van der Waals surface area (Å²) in [5.41, 5.74) is 0. The molecule has 0 aromatic heterocycles. The molecule has 3 unspecified atom stereocenters. The van der Waals surface area contributed by atoms with Crippen molar-refractivity contribution >= 4 is 0 Å². The lowest BCUT2D eigenvalue weighted by Crippen LogP contribution is -1.91. The van der Waals surface area contributed by atoms with Crippen molar-refractivity contribution in [2.45, 2.75) is 34.1 Å². The molecule has 0 aromatic carbocycles. The molecule has 0 N–H and O–H groups in total. The van der Waals surface area contributed by atoms with Gasteiger partial charge in [0, 0.05) is 0 Å². The lowest BCUT2D eigenvalue weighted by molar-refractivity contribution is 0.503. The van der Waals surface area contributed by atoms with E-state index in [1.54, 1.807) is 0 Å². The quantitative estimate of drug-likeness (QED) is 0.533. The maximum absolute atomic E-state index is 2.39. The highest BCUT2D eigenvalue weighted by Crippen LogP contribution is 2.52. The fraction of sp³-hybridized carbons (Fsp3) is 1.00. The third-order valence-corrected chi connectivity index (χ3v) is 2.88. The largest absolute Gasteiger partial charge is 0.0651 e. The smallest absolute Gasteiger partial charge is 0.0332 e. The Kier molecular flexibility index (Phi) is 1.83. The van der Waals surface area contributed by atoms with Gasteiger partial charge in [-0.1, -0.05) is 34.1 Å². The van der Waals surface area contributed by atoms with Gasteiger partial charge in [0.25, 0.3) is 0 Å². The van der Waals surface area contributed by atoms with E-state index in [4.69, 9.17) is 0 Å². The van der Waals surface area contributed by atoms with Gasteiger partial charge < -0.3 is 0 Å². The van der Waals surface area contributed by atoms with Crippen LogP contribution >= 0.6 is 0 Å². The Morgan fingerprint density at radius 2 is 1.89 bits per heavy atom. The molecule has 0 amide bonds. The van der Waals surface area contributed by atoms with Crippen LogP contribution in [-0.4, -0.2) is 0 Å². The van der Waals surface area contributed by atoms with Crippen molar-refractivity contribution in [2.75, 3.05) is 0 Å². The Balaban J connectivity index is 2.33. The number of hydrogen-bond acceptors (Lipinski definition) is 0. The zero-order valence-electron chi connectivity index (χ0n) is 7.02. The average Bonchev–Trinajstić information content (AvgIpc) is 2.40. The van der Waals surface area contributed by atoms with E-state index in [9.17, 15) is 0 Å². The lowest BCUT2D eigenvalue weighted by atomic mass is 10.1. The Labute approximate surface area is 58.7 Å². The van der Waals surface area contributed by atoms with E-state index >= 15 is 0 Å². The van der Waals surface area contributed by atoms with Gasteiger partial charge in [0.15, 0.2) is 0 Å². The minimum Gasteiger partial charge on any atom is -0.0651 e. The average molecular weight is 126 g/mol. The fourth-order valence-corrected chi connectivity index (χ4v) is 2.33. The molecule has 1 fully saturated rings. The standard InChI is InChI=1S/C9H18/c1-5-8-7(4)9(8)6(2)3/h6-9H,5H2,1-4H3. The first-order chi connectivity index (χ1) is 4.18. The molecule has 1 aliphatic rings. The molecule has 0 heterocycles. The summed E-state index contributed by atoms with van der Waals surface area (Å²) < 4.78 is 0. The number of hydrogen-bond donors (Lipinski definition) is 0. The molecule has 54 valence electrons. The third-order valence-electron chi connectivity index (χ3n) is 2.88. The summed E-state index contributed by atoms with van der Waals surface area (Å²) in [5, 5.41) is 0. The first-order valence-corrected chi connectivity index (χ1v) is 4.18. The highest BCUT2D eigenvalue weighted by Gasteiger charge is 2.46. The molecule has 1 saturated carbocycles. The second kappa shape index (κ2) is 2.32. The summed E-state index contributed by atoms with van der Waals surface area (Å²) in [7, 11) is 0. The van der Waals surface area contributed by atoms with Crippen molar-refractivity contribution in [3.63, 3.8) is 0 Å². The van der Waals surface area contributed by atoms with E-state index in [-0.39, 0.29) is 0 Å². The summed E-state index contributed by atoms with van der Waals surface area (Å²) >= 11 is 0. The molecule has 0 aromatic rings. The summed E-state index contributed by atoms with van der Waals surface area (Å²) in [4.78, 5) is 0. The van der Waals surface area contributed by atoms with Crippen LogP contribution in [-0.2, 0) is 0 Å². The summed E-state index contributed by atoms with van der Waals surface area (Å²) in [6.07, 6.45) is 1.39. The van der Waals surface area contributed by atoms with E-state index < -0.39 is 0 Å². The molecule has 0 aliphatic heterocycles. The minimum atomic E-state index is 0.921. The molecule has 0 bridgehead atoms. The molecule has 0 radical (unpaired) electrons. The summed E-state index contributed by atoms with van der Waals surface area (Å²) in [5.74, 6) is 4.06. The first kappa shape index (κ1) is 7.11. The topological polar surface area (TPSA) is 0 Å². The maximum Gasteiger partial charge on any atom is -0.0332 e. The predicted octanol–water partition coefficient (Wildman–Crippen LogP) is 2.93. The van der Waals surface area contributed by atoms with Crippen molar-refractivity contribution < 1.29 is 0 Å². The monoisotopic (exact) mass is 126 g/mol. The molecule has 9 heavy (non-hydrogen) atoms. The zero-order valence-corrected chi connectivity index (χ0v) is 7.02. The first-order valence-electron chi connectivity index (χ1n) is 4.18. The summed E-state index contributed by atoms with van der Waals surface area (Å²) in [6, 6.07) is 0. The van der Waals surface area contributed by atoms with Crippen LogP contribution in [0.25, 0.3) is 0 Å². The Morgan fingerprint density at radius 3 is 2.00 bits per heavy atom. The van der Waals surface area contributed by atoms with Crippen molar-refractivity contribution in [3.8, 4) is 0 Å². The van der Waals surface area contributed by atoms with Crippen LogP contribution in [0.2, 0.25) is 0 Å². The second-order valence-electron chi connectivity index (χ2n) is 3.75. The Bertz CT molecular complexity index is 94.2. The molecule has 3 atom stereocenters. The van der Waals surface area contributed by atoms with Gasteiger partial charge in [-0.05, 0) is 23.7 Å². The maximum atomic E-state index is 2.39. The molecule has 0 saturated heterocycles. The molecular weight excluding hydrogens is 108 g/mol. The van der Waals surface area contributed by atoms with Gasteiger partial charge in [0.1, 0.15) is 0 Å². The van der Waals surface area contributed by atoms with Crippen LogP contribution in [0.4, 0.5) is 0 Å². The van der Waals surface area contributed by atoms with Crippen LogP contribution in [0.3, 0.4) is 0 Å². The van der Waals surface area contributed by atoms with E-state index in [0.29, 0.717) is 0 Å². The highest BCUT2D eigenvalue weighted by molar-refractivity contribution is 4.94.